The van der Waals surface area contributed by atoms with Gasteiger partial charge in [0.15, 0.2) is 0 Å². The summed E-state index contributed by atoms with van der Waals surface area (Å²) in [6.45, 7) is 0.829. The molecule has 0 radical (unpaired) electrons. The van der Waals surface area contributed by atoms with Gasteiger partial charge in [-0.1, -0.05) is 24.3 Å². The van der Waals surface area contributed by atoms with Gasteiger partial charge in [0, 0.05) is 37.1 Å². The molecule has 5 nitrogen and oxygen atoms in total. The van der Waals surface area contributed by atoms with E-state index in [9.17, 15) is 4.39 Å². The molecule has 0 fully saturated rings. The van der Waals surface area contributed by atoms with Gasteiger partial charge in [-0.05, 0) is 55.4 Å². The van der Waals surface area contributed by atoms with Crippen molar-refractivity contribution in [2.24, 2.45) is 0 Å². The largest absolute Gasteiger partial charge is 0.393 e. The maximum absolute atomic E-state index is 14.3. The van der Waals surface area contributed by atoms with E-state index in [1.54, 1.807) is 25.4 Å². The lowest BCUT2D eigenvalue weighted by Gasteiger charge is -2.18. The zero-order valence-corrected chi connectivity index (χ0v) is 16.9. The standard InChI is InChI=1S/C23H26FN5/c1-27-11-5-4-6-20(16-7-8-18(14-25)21(24)13-16)23(29-3)17-9-10-22(26)19(12-17)15-28-2/h4,6-10,12-13,15,26-29H,5,11H2,1-3H3/b6-4+,19-15-,23-20+,26-22?. The molecule has 0 amide bonds. The molecule has 0 bridgehead atoms. The van der Waals surface area contributed by atoms with Gasteiger partial charge in [0.2, 0.25) is 0 Å². The van der Waals surface area contributed by atoms with E-state index < -0.39 is 5.82 Å². The Kier molecular flexibility index (Phi) is 8.13. The molecule has 150 valence electrons. The van der Waals surface area contributed by atoms with Gasteiger partial charge >= 0.3 is 0 Å². The summed E-state index contributed by atoms with van der Waals surface area (Å²) in [5.41, 5.74) is 4.34. The van der Waals surface area contributed by atoms with Crippen molar-refractivity contribution in [3.63, 3.8) is 0 Å². The zero-order valence-electron chi connectivity index (χ0n) is 16.9. The molecule has 6 heteroatoms. The normalized spacial score (nSPS) is 15.9. The molecule has 0 saturated heterocycles. The lowest BCUT2D eigenvalue weighted by Crippen LogP contribution is -2.14. The Morgan fingerprint density at radius 1 is 1.24 bits per heavy atom. The van der Waals surface area contributed by atoms with Gasteiger partial charge in [-0.2, -0.15) is 5.26 Å². The molecule has 1 aromatic rings. The van der Waals surface area contributed by atoms with Crippen molar-refractivity contribution in [1.29, 1.82) is 10.7 Å². The number of allylic oxidation sites excluding steroid dienone is 6. The van der Waals surface area contributed by atoms with Crippen LogP contribution in [0.5, 0.6) is 0 Å². The molecule has 0 spiro atoms. The van der Waals surface area contributed by atoms with Crippen molar-refractivity contribution in [3.8, 4) is 6.07 Å². The summed E-state index contributed by atoms with van der Waals surface area (Å²) in [7, 11) is 5.49. The second-order valence-electron chi connectivity index (χ2n) is 6.37. The van der Waals surface area contributed by atoms with Gasteiger partial charge in [-0.15, -0.1) is 0 Å². The Balaban J connectivity index is 2.62. The lowest BCUT2D eigenvalue weighted by atomic mass is 9.93. The van der Waals surface area contributed by atoms with Crippen molar-refractivity contribution in [1.82, 2.24) is 16.0 Å². The fourth-order valence-corrected chi connectivity index (χ4v) is 2.95. The minimum atomic E-state index is -0.549. The Morgan fingerprint density at radius 2 is 2.03 bits per heavy atom. The van der Waals surface area contributed by atoms with E-state index in [0.29, 0.717) is 11.3 Å². The number of hydrogen-bond donors (Lipinski definition) is 4. The summed E-state index contributed by atoms with van der Waals surface area (Å²) in [4.78, 5) is 0. The average Bonchev–Trinajstić information content (AvgIpc) is 2.72. The topological polar surface area (TPSA) is 83.7 Å². The highest BCUT2D eigenvalue weighted by Gasteiger charge is 2.15. The van der Waals surface area contributed by atoms with Crippen molar-refractivity contribution in [2.45, 2.75) is 6.42 Å². The highest BCUT2D eigenvalue weighted by molar-refractivity contribution is 6.10. The minimum absolute atomic E-state index is 0.0164. The van der Waals surface area contributed by atoms with Gasteiger partial charge < -0.3 is 21.4 Å². The number of halogens is 1. The maximum Gasteiger partial charge on any atom is 0.141 e. The third-order valence-corrected chi connectivity index (χ3v) is 4.41. The first kappa shape index (κ1) is 21.9. The monoisotopic (exact) mass is 391 g/mol. The predicted molar refractivity (Wildman–Crippen MR) is 117 cm³/mol. The summed E-state index contributed by atoms with van der Waals surface area (Å²) in [6.07, 6.45) is 12.1. The van der Waals surface area contributed by atoms with Crippen LogP contribution in [0.15, 0.2) is 71.6 Å². The van der Waals surface area contributed by atoms with Crippen molar-refractivity contribution >= 4 is 11.3 Å². The Labute approximate surface area is 171 Å². The quantitative estimate of drug-likeness (QED) is 0.404. The van der Waals surface area contributed by atoms with Crippen LogP contribution in [0.25, 0.3) is 5.57 Å². The molecule has 0 saturated carbocycles. The molecular weight excluding hydrogens is 365 g/mol. The van der Waals surface area contributed by atoms with Gasteiger partial charge in [0.25, 0.3) is 0 Å². The molecule has 1 aromatic carbocycles. The van der Waals surface area contributed by atoms with E-state index in [1.165, 1.54) is 12.1 Å². The summed E-state index contributed by atoms with van der Waals surface area (Å²) >= 11 is 0. The van der Waals surface area contributed by atoms with Crippen LogP contribution >= 0.6 is 0 Å². The first-order valence-corrected chi connectivity index (χ1v) is 9.35. The Bertz CT molecular complexity index is 958. The van der Waals surface area contributed by atoms with E-state index in [-0.39, 0.29) is 5.56 Å². The van der Waals surface area contributed by atoms with Crippen LogP contribution in [0, 0.1) is 22.6 Å². The molecule has 0 aliphatic heterocycles. The number of rotatable bonds is 8. The van der Waals surface area contributed by atoms with E-state index in [0.717, 1.165) is 35.4 Å². The number of likely N-dealkylation sites (N-methyl/N-ethyl adjacent to an activating group) is 1. The number of nitrogens with zero attached hydrogens (tertiary/aromatic N) is 1. The van der Waals surface area contributed by atoms with E-state index in [2.05, 4.69) is 16.0 Å². The maximum atomic E-state index is 14.3. The predicted octanol–water partition coefficient (Wildman–Crippen LogP) is 3.41. The summed E-state index contributed by atoms with van der Waals surface area (Å²) in [5.74, 6) is -0.549. The highest BCUT2D eigenvalue weighted by atomic mass is 19.1. The fraction of sp³-hybridized carbons (Fsp3) is 0.217. The number of nitriles is 1. The molecule has 0 heterocycles. The van der Waals surface area contributed by atoms with Crippen LogP contribution < -0.4 is 16.0 Å². The van der Waals surface area contributed by atoms with E-state index >= 15 is 0 Å². The first-order chi connectivity index (χ1) is 14.0. The van der Waals surface area contributed by atoms with Gasteiger partial charge in [0.05, 0.1) is 11.3 Å². The molecule has 0 unspecified atom stereocenters. The molecular formula is C23H26FN5. The molecule has 4 N–H and O–H groups in total. The number of nitrogens with one attached hydrogen (secondary N) is 4. The molecule has 0 aromatic heterocycles. The first-order valence-electron chi connectivity index (χ1n) is 9.35. The third-order valence-electron chi connectivity index (χ3n) is 4.41. The fourth-order valence-electron chi connectivity index (χ4n) is 2.95. The summed E-state index contributed by atoms with van der Waals surface area (Å²) < 4.78 is 14.3. The summed E-state index contributed by atoms with van der Waals surface area (Å²) in [6, 6.07) is 6.48. The van der Waals surface area contributed by atoms with Gasteiger partial charge in [-0.25, -0.2) is 4.39 Å². The van der Waals surface area contributed by atoms with E-state index in [4.69, 9.17) is 10.7 Å². The van der Waals surface area contributed by atoms with Crippen molar-refractivity contribution in [2.75, 3.05) is 27.7 Å². The summed E-state index contributed by atoms with van der Waals surface area (Å²) in [5, 5.41) is 26.4. The third kappa shape index (κ3) is 5.53. The lowest BCUT2D eigenvalue weighted by molar-refractivity contribution is 0.623. The molecule has 1 aliphatic carbocycles. The number of hydrogen-bond acceptors (Lipinski definition) is 5. The second-order valence-corrected chi connectivity index (χ2v) is 6.37. The molecule has 1 aliphatic rings. The average molecular weight is 391 g/mol. The number of benzene rings is 1. The molecule has 0 atom stereocenters. The zero-order chi connectivity index (χ0) is 21.2. The van der Waals surface area contributed by atoms with Crippen LogP contribution in [0.1, 0.15) is 17.5 Å². The Morgan fingerprint density at radius 3 is 2.66 bits per heavy atom. The van der Waals surface area contributed by atoms with Crippen molar-refractivity contribution < 1.29 is 4.39 Å². The van der Waals surface area contributed by atoms with Gasteiger partial charge in [-0.3, -0.25) is 0 Å². The Hall–Kier alpha value is -3.43. The minimum Gasteiger partial charge on any atom is -0.393 e. The SMILES string of the molecule is CN/C=C1C=C(/C(NC)=C(/C=C/CCNC)c2ccc(C#N)c(F)c2)C=CC/1=N. The van der Waals surface area contributed by atoms with Crippen LogP contribution in [-0.4, -0.2) is 33.4 Å². The van der Waals surface area contributed by atoms with Crippen molar-refractivity contribution in [3.05, 3.63) is 88.6 Å². The molecule has 2 rings (SSSR count). The van der Waals surface area contributed by atoms with E-state index in [1.807, 2.05) is 44.5 Å². The smallest absolute Gasteiger partial charge is 0.141 e. The van der Waals surface area contributed by atoms with Crippen LogP contribution in [-0.2, 0) is 0 Å². The second kappa shape index (κ2) is 10.8. The molecule has 29 heavy (non-hydrogen) atoms. The highest BCUT2D eigenvalue weighted by Crippen LogP contribution is 2.28. The van der Waals surface area contributed by atoms with Crippen LogP contribution in [0.3, 0.4) is 0 Å². The van der Waals surface area contributed by atoms with Gasteiger partial charge in [0.1, 0.15) is 11.9 Å². The van der Waals surface area contributed by atoms with Crippen LogP contribution in [0.4, 0.5) is 4.39 Å². The van der Waals surface area contributed by atoms with Crippen LogP contribution in [0.2, 0.25) is 0 Å².